The van der Waals surface area contributed by atoms with Crippen molar-refractivity contribution in [3.8, 4) is 0 Å². The van der Waals surface area contributed by atoms with E-state index in [1.165, 1.54) is 17.8 Å². The highest BCUT2D eigenvalue weighted by Crippen LogP contribution is 2.33. The van der Waals surface area contributed by atoms with Crippen molar-refractivity contribution in [1.82, 2.24) is 4.98 Å². The number of nitrogens with zero attached hydrogens (tertiary/aromatic N) is 1. The van der Waals surface area contributed by atoms with Gasteiger partial charge in [0.25, 0.3) is 0 Å². The first kappa shape index (κ1) is 14.9. The largest absolute Gasteiger partial charge is 0.433 e. The number of aryl methyl sites for hydroxylation is 1. The maximum atomic E-state index is 12.7. The molecule has 0 atom stereocenters. The monoisotopic (exact) mass is 298 g/mol. The molecule has 1 aromatic heterocycles. The van der Waals surface area contributed by atoms with E-state index >= 15 is 0 Å². The molecule has 0 amide bonds. The highest BCUT2D eigenvalue weighted by atomic mass is 32.2. The van der Waals surface area contributed by atoms with Crippen LogP contribution in [-0.2, 0) is 12.7 Å². The number of hydrogen-bond acceptors (Lipinski definition) is 3. The number of nitrogens with two attached hydrogens (primary N) is 1. The molecule has 2 nitrogen and oxygen atoms in total. The lowest BCUT2D eigenvalue weighted by atomic mass is 10.2. The maximum absolute atomic E-state index is 12.7. The normalized spacial score (nSPS) is 11.7. The Morgan fingerprint density at radius 2 is 1.95 bits per heavy atom. The quantitative estimate of drug-likeness (QED) is 0.930. The Balaban J connectivity index is 2.38. The zero-order chi connectivity index (χ0) is 14.8. The average Bonchev–Trinajstić information content (AvgIpc) is 2.37. The molecule has 20 heavy (non-hydrogen) atoms. The smallest absolute Gasteiger partial charge is 0.326 e. The average molecular weight is 298 g/mol. The van der Waals surface area contributed by atoms with Gasteiger partial charge < -0.3 is 5.73 Å². The molecule has 1 aromatic carbocycles. The van der Waals surface area contributed by atoms with Crippen LogP contribution in [0.25, 0.3) is 0 Å². The summed E-state index contributed by atoms with van der Waals surface area (Å²) in [5.74, 6) is 0. The molecule has 2 aromatic rings. The molecule has 6 heteroatoms. The molecule has 0 unspecified atom stereocenters. The SMILES string of the molecule is Cc1cccc(Sc2nc(C(F)(F)F)ccc2CN)c1. The van der Waals surface area contributed by atoms with Gasteiger partial charge in [-0.2, -0.15) is 13.2 Å². The standard InChI is InChI=1S/C14H13F3N2S/c1-9-3-2-4-11(7-9)20-13-10(8-18)5-6-12(19-13)14(15,16)17/h2-7H,8,18H2,1H3. The Bertz CT molecular complexity index is 612. The lowest BCUT2D eigenvalue weighted by Gasteiger charge is -2.11. The molecule has 0 radical (unpaired) electrons. The van der Waals surface area contributed by atoms with Crippen LogP contribution in [0.3, 0.4) is 0 Å². The summed E-state index contributed by atoms with van der Waals surface area (Å²) in [6.07, 6.45) is -4.45. The van der Waals surface area contributed by atoms with Gasteiger partial charge in [-0.3, -0.25) is 0 Å². The van der Waals surface area contributed by atoms with Crippen molar-refractivity contribution < 1.29 is 13.2 Å². The van der Waals surface area contributed by atoms with E-state index in [0.29, 0.717) is 10.6 Å². The van der Waals surface area contributed by atoms with Gasteiger partial charge in [-0.25, -0.2) is 4.98 Å². The van der Waals surface area contributed by atoms with Crippen molar-refractivity contribution in [2.45, 2.75) is 29.6 Å². The molecule has 2 rings (SSSR count). The second-order valence-corrected chi connectivity index (χ2v) is 5.34. The third-order valence-electron chi connectivity index (χ3n) is 2.65. The lowest BCUT2D eigenvalue weighted by Crippen LogP contribution is -2.10. The number of hydrogen-bond donors (Lipinski definition) is 1. The molecule has 0 aliphatic rings. The number of aromatic nitrogens is 1. The number of benzene rings is 1. The fourth-order valence-electron chi connectivity index (χ4n) is 1.66. The summed E-state index contributed by atoms with van der Waals surface area (Å²) < 4.78 is 38.1. The van der Waals surface area contributed by atoms with E-state index in [1.807, 2.05) is 31.2 Å². The van der Waals surface area contributed by atoms with Gasteiger partial charge in [-0.05, 0) is 30.7 Å². The molecule has 0 saturated carbocycles. The summed E-state index contributed by atoms with van der Waals surface area (Å²) in [5.41, 5.74) is 6.30. The Kier molecular flexibility index (Phi) is 4.35. The van der Waals surface area contributed by atoms with Gasteiger partial charge in [0.15, 0.2) is 0 Å². The summed E-state index contributed by atoms with van der Waals surface area (Å²) in [7, 11) is 0. The van der Waals surface area contributed by atoms with Gasteiger partial charge in [-0.1, -0.05) is 35.5 Å². The second-order valence-electron chi connectivity index (χ2n) is 4.28. The zero-order valence-corrected chi connectivity index (χ0v) is 11.6. The van der Waals surface area contributed by atoms with E-state index in [9.17, 15) is 13.2 Å². The Hall–Kier alpha value is -1.53. The molecule has 2 N–H and O–H groups in total. The van der Waals surface area contributed by atoms with Crippen molar-refractivity contribution in [3.05, 3.63) is 53.2 Å². The molecule has 1 heterocycles. The predicted octanol–water partition coefficient (Wildman–Crippen LogP) is 4.02. The van der Waals surface area contributed by atoms with Crippen LogP contribution in [-0.4, -0.2) is 4.98 Å². The number of alkyl halides is 3. The van der Waals surface area contributed by atoms with E-state index < -0.39 is 11.9 Å². The fourth-order valence-corrected chi connectivity index (χ4v) is 2.70. The van der Waals surface area contributed by atoms with Crippen LogP contribution < -0.4 is 5.73 Å². The van der Waals surface area contributed by atoms with Gasteiger partial charge in [0, 0.05) is 11.4 Å². The fraction of sp³-hybridized carbons (Fsp3) is 0.214. The third-order valence-corrected chi connectivity index (χ3v) is 3.69. The van der Waals surface area contributed by atoms with Crippen LogP contribution in [0.2, 0.25) is 0 Å². The molecule has 0 bridgehead atoms. The molecule has 0 fully saturated rings. The van der Waals surface area contributed by atoms with Crippen molar-refractivity contribution in [1.29, 1.82) is 0 Å². The molecule has 106 valence electrons. The number of pyridine rings is 1. The first-order valence-corrected chi connectivity index (χ1v) is 6.73. The molecular weight excluding hydrogens is 285 g/mol. The van der Waals surface area contributed by atoms with E-state index in [1.54, 1.807) is 0 Å². The van der Waals surface area contributed by atoms with Gasteiger partial charge in [0.2, 0.25) is 0 Å². The first-order valence-electron chi connectivity index (χ1n) is 5.92. The predicted molar refractivity (Wildman–Crippen MR) is 72.4 cm³/mol. The van der Waals surface area contributed by atoms with Gasteiger partial charge >= 0.3 is 6.18 Å². The molecule has 0 saturated heterocycles. The summed E-state index contributed by atoms with van der Waals surface area (Å²) in [5, 5.41) is 0.299. The van der Waals surface area contributed by atoms with E-state index in [4.69, 9.17) is 5.73 Å². The van der Waals surface area contributed by atoms with E-state index in [2.05, 4.69) is 4.98 Å². The third kappa shape index (κ3) is 3.52. The van der Waals surface area contributed by atoms with Crippen molar-refractivity contribution in [2.24, 2.45) is 5.73 Å². The Labute approximate surface area is 119 Å². The van der Waals surface area contributed by atoms with Gasteiger partial charge in [0.1, 0.15) is 10.7 Å². The van der Waals surface area contributed by atoms with Crippen LogP contribution in [0.5, 0.6) is 0 Å². The Morgan fingerprint density at radius 3 is 2.55 bits per heavy atom. The van der Waals surface area contributed by atoms with Crippen LogP contribution in [0.4, 0.5) is 13.2 Å². The second kappa shape index (κ2) is 5.85. The first-order chi connectivity index (χ1) is 9.40. The lowest BCUT2D eigenvalue weighted by molar-refractivity contribution is -0.141. The molecular formula is C14H13F3N2S. The van der Waals surface area contributed by atoms with Crippen LogP contribution in [0, 0.1) is 6.92 Å². The van der Waals surface area contributed by atoms with Crippen molar-refractivity contribution in [3.63, 3.8) is 0 Å². The molecule has 0 aliphatic heterocycles. The van der Waals surface area contributed by atoms with Crippen LogP contribution in [0.15, 0.2) is 46.3 Å². The topological polar surface area (TPSA) is 38.9 Å². The summed E-state index contributed by atoms with van der Waals surface area (Å²) in [6.45, 7) is 2.08. The summed E-state index contributed by atoms with van der Waals surface area (Å²) in [6, 6.07) is 9.85. The highest BCUT2D eigenvalue weighted by molar-refractivity contribution is 7.99. The van der Waals surface area contributed by atoms with Crippen molar-refractivity contribution in [2.75, 3.05) is 0 Å². The minimum atomic E-state index is -4.45. The molecule has 0 spiro atoms. The zero-order valence-electron chi connectivity index (χ0n) is 10.7. The van der Waals surface area contributed by atoms with Crippen molar-refractivity contribution >= 4 is 11.8 Å². The summed E-state index contributed by atoms with van der Waals surface area (Å²) in [4.78, 5) is 4.54. The van der Waals surface area contributed by atoms with Gasteiger partial charge in [0.05, 0.1) is 0 Å². The minimum Gasteiger partial charge on any atom is -0.326 e. The highest BCUT2D eigenvalue weighted by Gasteiger charge is 2.33. The number of halogens is 3. The Morgan fingerprint density at radius 1 is 1.20 bits per heavy atom. The summed E-state index contributed by atoms with van der Waals surface area (Å²) >= 11 is 1.19. The van der Waals surface area contributed by atoms with E-state index in [-0.39, 0.29) is 6.54 Å². The maximum Gasteiger partial charge on any atom is 0.433 e. The van der Waals surface area contributed by atoms with Crippen LogP contribution >= 0.6 is 11.8 Å². The molecule has 0 aliphatic carbocycles. The van der Waals surface area contributed by atoms with Crippen LogP contribution in [0.1, 0.15) is 16.8 Å². The van der Waals surface area contributed by atoms with Gasteiger partial charge in [-0.15, -0.1) is 0 Å². The van der Waals surface area contributed by atoms with E-state index in [0.717, 1.165) is 16.5 Å². The minimum absolute atomic E-state index is 0.152. The number of rotatable bonds is 3.